The van der Waals surface area contributed by atoms with Crippen LogP contribution in [0.2, 0.25) is 0 Å². The van der Waals surface area contributed by atoms with Gasteiger partial charge >= 0.3 is 11.9 Å². The number of hydrogen-bond acceptors (Lipinski definition) is 7. The fourth-order valence-electron chi connectivity index (χ4n) is 1.75. The summed E-state index contributed by atoms with van der Waals surface area (Å²) in [5.74, 6) is -1.63. The number of para-hydroxylation sites is 2. The summed E-state index contributed by atoms with van der Waals surface area (Å²) < 4.78 is 19.9. The average molecular weight is 339 g/mol. The van der Waals surface area contributed by atoms with Crippen molar-refractivity contribution in [1.82, 2.24) is 5.32 Å². The molecule has 0 aliphatic rings. The molecule has 8 nitrogen and oxygen atoms in total. The first-order chi connectivity index (χ1) is 11.5. The van der Waals surface area contributed by atoms with E-state index in [1.165, 1.54) is 7.11 Å². The minimum absolute atomic E-state index is 0.0717. The highest BCUT2D eigenvalue weighted by Gasteiger charge is 2.31. The number of carbonyl (C=O) groups is 3. The van der Waals surface area contributed by atoms with Crippen LogP contribution in [-0.4, -0.2) is 50.8 Å². The topological polar surface area (TPSA) is 100 Å². The number of benzene rings is 1. The van der Waals surface area contributed by atoms with Crippen molar-refractivity contribution in [2.75, 3.05) is 26.9 Å². The highest BCUT2D eigenvalue weighted by atomic mass is 16.6. The fourth-order valence-corrected chi connectivity index (χ4v) is 1.75. The molecule has 24 heavy (non-hydrogen) atoms. The number of methoxy groups -OCH3 is 1. The van der Waals surface area contributed by atoms with Crippen molar-refractivity contribution >= 4 is 17.8 Å². The molecule has 0 saturated carbocycles. The molecule has 0 saturated heterocycles. The van der Waals surface area contributed by atoms with Gasteiger partial charge in [-0.1, -0.05) is 12.1 Å². The number of esters is 2. The molecule has 0 aliphatic heterocycles. The van der Waals surface area contributed by atoms with E-state index in [9.17, 15) is 14.4 Å². The minimum Gasteiger partial charge on any atom is -0.493 e. The molecule has 0 fully saturated rings. The second-order valence-corrected chi connectivity index (χ2v) is 4.44. The van der Waals surface area contributed by atoms with Gasteiger partial charge in [0.1, 0.15) is 0 Å². The van der Waals surface area contributed by atoms with Crippen LogP contribution in [-0.2, 0) is 23.9 Å². The van der Waals surface area contributed by atoms with E-state index in [0.29, 0.717) is 11.5 Å². The lowest BCUT2D eigenvalue weighted by molar-refractivity contribution is -0.159. The molecule has 0 bridgehead atoms. The molecule has 0 atom stereocenters. The van der Waals surface area contributed by atoms with Gasteiger partial charge in [-0.2, -0.15) is 0 Å². The molecule has 0 unspecified atom stereocenters. The molecule has 0 spiro atoms. The van der Waals surface area contributed by atoms with Crippen molar-refractivity contribution in [1.29, 1.82) is 0 Å². The maximum Gasteiger partial charge on any atom is 0.340 e. The highest BCUT2D eigenvalue weighted by molar-refractivity contribution is 6.02. The Morgan fingerprint density at radius 2 is 1.54 bits per heavy atom. The van der Waals surface area contributed by atoms with E-state index in [2.05, 4.69) is 5.32 Å². The zero-order valence-electron chi connectivity index (χ0n) is 13.9. The molecule has 8 heteroatoms. The van der Waals surface area contributed by atoms with Crippen molar-refractivity contribution < 1.29 is 33.3 Å². The van der Waals surface area contributed by atoms with Crippen molar-refractivity contribution in [3.63, 3.8) is 0 Å². The van der Waals surface area contributed by atoms with Gasteiger partial charge in [0.15, 0.2) is 18.1 Å². The smallest absolute Gasteiger partial charge is 0.340 e. The lowest BCUT2D eigenvalue weighted by Gasteiger charge is -2.16. The third-order valence-corrected chi connectivity index (χ3v) is 2.78. The van der Waals surface area contributed by atoms with E-state index < -0.39 is 30.5 Å². The van der Waals surface area contributed by atoms with Crippen molar-refractivity contribution in [3.05, 3.63) is 24.3 Å². The van der Waals surface area contributed by atoms with Crippen LogP contribution in [0.15, 0.2) is 24.3 Å². The zero-order valence-corrected chi connectivity index (χ0v) is 13.9. The first-order valence-corrected chi connectivity index (χ1v) is 7.41. The highest BCUT2D eigenvalue weighted by Crippen LogP contribution is 2.25. The fraction of sp³-hybridized carbons (Fsp3) is 0.438. The number of nitrogens with one attached hydrogen (secondary N) is 1. The van der Waals surface area contributed by atoms with Gasteiger partial charge in [-0.15, -0.1) is 0 Å². The summed E-state index contributed by atoms with van der Waals surface area (Å²) >= 11 is 0. The quantitative estimate of drug-likeness (QED) is 0.522. The molecule has 0 aromatic heterocycles. The van der Waals surface area contributed by atoms with Gasteiger partial charge in [0, 0.05) is 0 Å². The summed E-state index contributed by atoms with van der Waals surface area (Å²) in [6, 6.07) is 5.24. The summed E-state index contributed by atoms with van der Waals surface area (Å²) in [5.41, 5.74) is 0. The monoisotopic (exact) mass is 339 g/mol. The molecule has 0 heterocycles. The summed E-state index contributed by atoms with van der Waals surface area (Å²) in [5, 5.41) is 2.24. The number of amides is 1. The first kappa shape index (κ1) is 19.3. The number of rotatable bonds is 9. The Bertz CT molecular complexity index is 555. The van der Waals surface area contributed by atoms with Gasteiger partial charge in [-0.05, 0) is 26.0 Å². The minimum atomic E-state index is -1.53. The van der Waals surface area contributed by atoms with E-state index in [0.717, 1.165) is 0 Å². The van der Waals surface area contributed by atoms with Gasteiger partial charge in [0.25, 0.3) is 5.91 Å². The van der Waals surface area contributed by atoms with Gasteiger partial charge < -0.3 is 24.3 Å². The van der Waals surface area contributed by atoms with Gasteiger partial charge in [0.05, 0.1) is 20.3 Å². The molecule has 1 N–H and O–H groups in total. The largest absolute Gasteiger partial charge is 0.493 e. The molecule has 0 radical (unpaired) electrons. The Labute approximate surface area is 140 Å². The molecule has 1 aromatic rings. The van der Waals surface area contributed by atoms with Crippen molar-refractivity contribution in [3.8, 4) is 11.5 Å². The van der Waals surface area contributed by atoms with Crippen molar-refractivity contribution in [2.45, 2.75) is 19.9 Å². The van der Waals surface area contributed by atoms with E-state index in [-0.39, 0.29) is 13.2 Å². The Balaban J connectivity index is 2.67. The summed E-state index contributed by atoms with van der Waals surface area (Å²) in [6.45, 7) is 2.92. The molecule has 132 valence electrons. The van der Waals surface area contributed by atoms with Crippen LogP contribution in [0.1, 0.15) is 13.8 Å². The molecular weight excluding hydrogens is 318 g/mol. The van der Waals surface area contributed by atoms with Crippen LogP contribution in [0.5, 0.6) is 11.5 Å². The molecule has 1 rings (SSSR count). The van der Waals surface area contributed by atoms with Crippen LogP contribution in [0.4, 0.5) is 0 Å². The SMILES string of the molecule is CCOC(=O)C(NC(=O)COc1ccccc1OC)C(=O)OCC. The third kappa shape index (κ3) is 5.79. The van der Waals surface area contributed by atoms with E-state index in [1.807, 2.05) is 0 Å². The Morgan fingerprint density at radius 3 is 2.04 bits per heavy atom. The molecule has 1 amide bonds. The van der Waals surface area contributed by atoms with E-state index in [4.69, 9.17) is 18.9 Å². The summed E-state index contributed by atoms with van der Waals surface area (Å²) in [7, 11) is 1.47. The standard InChI is InChI=1S/C16H21NO7/c1-4-22-15(19)14(16(20)23-5-2)17-13(18)10-24-12-9-7-6-8-11(12)21-3/h6-9,14H,4-5,10H2,1-3H3,(H,17,18). The number of hydrogen-bond donors (Lipinski definition) is 1. The predicted molar refractivity (Wildman–Crippen MR) is 83.7 cm³/mol. The lowest BCUT2D eigenvalue weighted by Crippen LogP contribution is -2.49. The zero-order chi connectivity index (χ0) is 17.9. The van der Waals surface area contributed by atoms with Crippen LogP contribution >= 0.6 is 0 Å². The van der Waals surface area contributed by atoms with Crippen LogP contribution < -0.4 is 14.8 Å². The van der Waals surface area contributed by atoms with Gasteiger partial charge in [0.2, 0.25) is 6.04 Å². The lowest BCUT2D eigenvalue weighted by atomic mass is 10.3. The van der Waals surface area contributed by atoms with Gasteiger partial charge in [-0.3, -0.25) is 4.79 Å². The Kier molecular flexibility index (Phi) is 8.10. The number of carbonyl (C=O) groups excluding carboxylic acids is 3. The van der Waals surface area contributed by atoms with Crippen LogP contribution in [0.3, 0.4) is 0 Å². The third-order valence-electron chi connectivity index (χ3n) is 2.78. The summed E-state index contributed by atoms with van der Waals surface area (Å²) in [4.78, 5) is 35.5. The molecule has 1 aromatic carbocycles. The summed E-state index contributed by atoms with van der Waals surface area (Å²) in [6.07, 6.45) is 0. The Morgan fingerprint density at radius 1 is 1.00 bits per heavy atom. The maximum atomic E-state index is 12.0. The predicted octanol–water partition coefficient (Wildman–Crippen LogP) is 0.685. The number of ether oxygens (including phenoxy) is 4. The average Bonchev–Trinajstić information content (AvgIpc) is 2.58. The first-order valence-electron chi connectivity index (χ1n) is 7.41. The normalized spacial score (nSPS) is 10.0. The van der Waals surface area contributed by atoms with Crippen molar-refractivity contribution in [2.24, 2.45) is 0 Å². The molecular formula is C16H21NO7. The van der Waals surface area contributed by atoms with E-state index >= 15 is 0 Å². The van der Waals surface area contributed by atoms with Crippen LogP contribution in [0.25, 0.3) is 0 Å². The van der Waals surface area contributed by atoms with Crippen LogP contribution in [0, 0.1) is 0 Å². The second-order valence-electron chi connectivity index (χ2n) is 4.44. The second kappa shape index (κ2) is 10.1. The van der Waals surface area contributed by atoms with Gasteiger partial charge in [-0.25, -0.2) is 9.59 Å². The maximum absolute atomic E-state index is 12.0. The molecule has 0 aliphatic carbocycles. The van der Waals surface area contributed by atoms with E-state index in [1.54, 1.807) is 38.1 Å². The Hall–Kier alpha value is -2.77.